The molecule has 1 unspecified atom stereocenters. The van der Waals surface area contributed by atoms with Crippen LogP contribution in [-0.4, -0.2) is 37.6 Å². The van der Waals surface area contributed by atoms with Crippen molar-refractivity contribution in [1.29, 1.82) is 0 Å². The Morgan fingerprint density at radius 2 is 2.00 bits per heavy atom. The first-order chi connectivity index (χ1) is 8.49. The highest BCUT2D eigenvalue weighted by molar-refractivity contribution is 6.30. The van der Waals surface area contributed by atoms with Gasteiger partial charge in [-0.15, -0.1) is 0 Å². The smallest absolute Gasteiger partial charge is 0.255 e. The minimum atomic E-state index is -0.552. The fraction of sp³-hybridized carbons (Fsp3) is 0.417. The molecule has 18 heavy (non-hydrogen) atoms. The van der Waals surface area contributed by atoms with Gasteiger partial charge in [-0.2, -0.15) is 0 Å². The maximum atomic E-state index is 11.9. The molecule has 0 heterocycles. The predicted octanol–water partition coefficient (Wildman–Crippen LogP) is 1.78. The minimum Gasteiger partial charge on any atom is -0.507 e. The molecule has 0 aliphatic heterocycles. The number of phenolic OH excluding ortho intramolecular Hbond substituents is 1. The van der Waals surface area contributed by atoms with E-state index in [0.29, 0.717) is 5.02 Å². The highest BCUT2D eigenvalue weighted by atomic mass is 35.5. The predicted molar refractivity (Wildman–Crippen MR) is 67.9 cm³/mol. The summed E-state index contributed by atoms with van der Waals surface area (Å²) in [6.45, 7) is 1.74. The average molecular weight is 274 g/mol. The van der Waals surface area contributed by atoms with Gasteiger partial charge < -0.3 is 19.9 Å². The number of rotatable bonds is 5. The summed E-state index contributed by atoms with van der Waals surface area (Å²) in [6.07, 6.45) is -0.552. The van der Waals surface area contributed by atoms with Crippen LogP contribution in [0.3, 0.4) is 0 Å². The van der Waals surface area contributed by atoms with E-state index in [4.69, 9.17) is 21.1 Å². The zero-order valence-electron chi connectivity index (χ0n) is 10.4. The Kier molecular flexibility index (Phi) is 5.40. The molecular weight excluding hydrogens is 258 g/mol. The number of carbonyl (C=O) groups excluding carboxylic acids is 1. The molecular formula is C12H16ClNO4. The molecule has 1 amide bonds. The van der Waals surface area contributed by atoms with E-state index in [9.17, 15) is 9.90 Å². The molecule has 1 aromatic carbocycles. The van der Waals surface area contributed by atoms with Crippen LogP contribution in [0.25, 0.3) is 0 Å². The first-order valence-electron chi connectivity index (χ1n) is 5.34. The molecule has 0 aliphatic carbocycles. The summed E-state index contributed by atoms with van der Waals surface area (Å²) in [7, 11) is 2.97. The van der Waals surface area contributed by atoms with Gasteiger partial charge in [0.15, 0.2) is 6.29 Å². The largest absolute Gasteiger partial charge is 0.507 e. The van der Waals surface area contributed by atoms with Crippen LogP contribution in [0.15, 0.2) is 18.2 Å². The van der Waals surface area contributed by atoms with Gasteiger partial charge in [-0.25, -0.2) is 0 Å². The second-order valence-electron chi connectivity index (χ2n) is 3.76. The fourth-order valence-electron chi connectivity index (χ4n) is 1.55. The van der Waals surface area contributed by atoms with Gasteiger partial charge in [-0.05, 0) is 25.1 Å². The fourth-order valence-corrected chi connectivity index (χ4v) is 1.72. The molecule has 0 saturated heterocycles. The number of hydrogen-bond acceptors (Lipinski definition) is 4. The molecule has 0 saturated carbocycles. The lowest BCUT2D eigenvalue weighted by atomic mass is 10.1. The zero-order valence-corrected chi connectivity index (χ0v) is 11.2. The average Bonchev–Trinajstić information content (AvgIpc) is 2.30. The Hall–Kier alpha value is -1.30. The second kappa shape index (κ2) is 6.58. The van der Waals surface area contributed by atoms with Crippen molar-refractivity contribution in [3.63, 3.8) is 0 Å². The highest BCUT2D eigenvalue weighted by Crippen LogP contribution is 2.21. The van der Waals surface area contributed by atoms with Gasteiger partial charge in [0.1, 0.15) is 5.75 Å². The number of benzene rings is 1. The van der Waals surface area contributed by atoms with Gasteiger partial charge in [0.2, 0.25) is 0 Å². The molecule has 0 spiro atoms. The number of nitrogens with one attached hydrogen (secondary N) is 1. The van der Waals surface area contributed by atoms with Gasteiger partial charge in [0.25, 0.3) is 5.91 Å². The van der Waals surface area contributed by atoms with Crippen molar-refractivity contribution in [3.8, 4) is 5.75 Å². The SMILES string of the molecule is COC(OC)C(C)NC(=O)c1ccc(Cl)cc1O. The van der Waals surface area contributed by atoms with Crippen molar-refractivity contribution in [2.75, 3.05) is 14.2 Å². The van der Waals surface area contributed by atoms with Gasteiger partial charge in [-0.1, -0.05) is 11.6 Å². The standard InChI is InChI=1S/C12H16ClNO4/c1-7(12(17-2)18-3)14-11(16)9-5-4-8(13)6-10(9)15/h4-7,12,15H,1-3H3,(H,14,16). The van der Waals surface area contributed by atoms with Crippen LogP contribution >= 0.6 is 11.6 Å². The number of halogens is 1. The van der Waals surface area contributed by atoms with Gasteiger partial charge in [0, 0.05) is 19.2 Å². The van der Waals surface area contributed by atoms with E-state index < -0.39 is 12.2 Å². The molecule has 0 aliphatic rings. The lowest BCUT2D eigenvalue weighted by Gasteiger charge is -2.22. The minimum absolute atomic E-state index is 0.150. The van der Waals surface area contributed by atoms with Crippen LogP contribution in [-0.2, 0) is 9.47 Å². The third-order valence-electron chi connectivity index (χ3n) is 2.44. The van der Waals surface area contributed by atoms with Crippen LogP contribution in [0.1, 0.15) is 17.3 Å². The topological polar surface area (TPSA) is 67.8 Å². The molecule has 0 radical (unpaired) electrons. The van der Waals surface area contributed by atoms with Gasteiger partial charge in [0.05, 0.1) is 11.6 Å². The molecule has 2 N–H and O–H groups in total. The summed E-state index contributed by atoms with van der Waals surface area (Å²) >= 11 is 5.69. The van der Waals surface area contributed by atoms with Crippen molar-refractivity contribution >= 4 is 17.5 Å². The van der Waals surface area contributed by atoms with Crippen molar-refractivity contribution in [2.24, 2.45) is 0 Å². The Labute approximate surface area is 111 Å². The van der Waals surface area contributed by atoms with Crippen molar-refractivity contribution in [3.05, 3.63) is 28.8 Å². The van der Waals surface area contributed by atoms with E-state index in [1.807, 2.05) is 0 Å². The van der Waals surface area contributed by atoms with E-state index in [1.165, 1.54) is 32.4 Å². The molecule has 1 rings (SSSR count). The van der Waals surface area contributed by atoms with Gasteiger partial charge in [-0.3, -0.25) is 4.79 Å². The molecule has 100 valence electrons. The van der Waals surface area contributed by atoms with E-state index in [2.05, 4.69) is 5.32 Å². The van der Waals surface area contributed by atoms with Crippen LogP contribution < -0.4 is 5.32 Å². The molecule has 0 fully saturated rings. The lowest BCUT2D eigenvalue weighted by Crippen LogP contribution is -2.42. The number of methoxy groups -OCH3 is 2. The summed E-state index contributed by atoms with van der Waals surface area (Å²) in [5, 5.41) is 12.7. The van der Waals surface area contributed by atoms with Crippen LogP contribution in [0, 0.1) is 0 Å². The lowest BCUT2D eigenvalue weighted by molar-refractivity contribution is -0.117. The third-order valence-corrected chi connectivity index (χ3v) is 2.67. The Balaban J connectivity index is 2.76. The first kappa shape index (κ1) is 14.8. The molecule has 1 aromatic rings. The summed E-state index contributed by atoms with van der Waals surface area (Å²) in [5.41, 5.74) is 0.150. The summed E-state index contributed by atoms with van der Waals surface area (Å²) < 4.78 is 10.1. The van der Waals surface area contributed by atoms with E-state index in [1.54, 1.807) is 6.92 Å². The maximum absolute atomic E-state index is 11.9. The van der Waals surface area contributed by atoms with Gasteiger partial charge >= 0.3 is 0 Å². The second-order valence-corrected chi connectivity index (χ2v) is 4.20. The molecule has 0 bridgehead atoms. The highest BCUT2D eigenvalue weighted by Gasteiger charge is 2.20. The normalized spacial score (nSPS) is 12.5. The first-order valence-corrected chi connectivity index (χ1v) is 5.72. The van der Waals surface area contributed by atoms with Crippen molar-refractivity contribution in [1.82, 2.24) is 5.32 Å². The van der Waals surface area contributed by atoms with E-state index >= 15 is 0 Å². The van der Waals surface area contributed by atoms with E-state index in [-0.39, 0.29) is 17.4 Å². The summed E-state index contributed by atoms with van der Waals surface area (Å²) in [4.78, 5) is 11.9. The number of ether oxygens (including phenoxy) is 2. The van der Waals surface area contributed by atoms with E-state index in [0.717, 1.165) is 0 Å². The zero-order chi connectivity index (χ0) is 13.7. The third kappa shape index (κ3) is 3.60. The number of hydrogen-bond donors (Lipinski definition) is 2. The summed E-state index contributed by atoms with van der Waals surface area (Å²) in [6, 6.07) is 3.94. The number of phenols is 1. The number of amides is 1. The number of aromatic hydroxyl groups is 1. The quantitative estimate of drug-likeness (QED) is 0.803. The molecule has 5 nitrogen and oxygen atoms in total. The molecule has 0 aromatic heterocycles. The van der Waals surface area contributed by atoms with Crippen molar-refractivity contribution in [2.45, 2.75) is 19.3 Å². The molecule has 1 atom stereocenters. The van der Waals surface area contributed by atoms with Crippen LogP contribution in [0.4, 0.5) is 0 Å². The number of carbonyl (C=O) groups is 1. The maximum Gasteiger partial charge on any atom is 0.255 e. The monoisotopic (exact) mass is 273 g/mol. The van der Waals surface area contributed by atoms with Crippen LogP contribution in [0.2, 0.25) is 5.02 Å². The van der Waals surface area contributed by atoms with Crippen molar-refractivity contribution < 1.29 is 19.4 Å². The Bertz CT molecular complexity index is 421. The summed E-state index contributed by atoms with van der Waals surface area (Å²) in [5.74, 6) is -0.589. The molecule has 6 heteroatoms. The Morgan fingerprint density at radius 3 is 2.50 bits per heavy atom. The van der Waals surface area contributed by atoms with Crippen LogP contribution in [0.5, 0.6) is 5.75 Å². The Morgan fingerprint density at radius 1 is 1.39 bits per heavy atom.